The van der Waals surface area contributed by atoms with Crippen LogP contribution in [-0.4, -0.2) is 4.98 Å². The van der Waals surface area contributed by atoms with Crippen molar-refractivity contribution in [2.24, 2.45) is 5.73 Å². The third kappa shape index (κ3) is 2.14. The van der Waals surface area contributed by atoms with Gasteiger partial charge in [-0.3, -0.25) is 4.79 Å². The smallest absolute Gasteiger partial charge is 0.329 e. The predicted molar refractivity (Wildman–Crippen MR) is 44.7 cm³/mol. The molecule has 0 aromatic carbocycles. The Morgan fingerprint density at radius 1 is 1.50 bits per heavy atom. The first-order chi connectivity index (χ1) is 6.32. The first-order valence-electron chi connectivity index (χ1n) is 3.88. The summed E-state index contributed by atoms with van der Waals surface area (Å²) in [5.41, 5.74) is 3.46. The summed E-state index contributed by atoms with van der Waals surface area (Å²) in [5, 5.41) is 0. The average molecular weight is 206 g/mol. The molecule has 0 aliphatic heterocycles. The first-order valence-corrected chi connectivity index (χ1v) is 3.88. The SMILES string of the molecule is CC(N)c1c[nH]c(=O)cc1C(F)(F)F. The number of H-pyrrole nitrogens is 1. The Bertz CT molecular complexity index is 381. The van der Waals surface area contributed by atoms with Gasteiger partial charge in [0.2, 0.25) is 5.56 Å². The van der Waals surface area contributed by atoms with Crippen LogP contribution in [0.1, 0.15) is 24.1 Å². The fourth-order valence-corrected chi connectivity index (χ4v) is 1.10. The minimum atomic E-state index is -4.54. The van der Waals surface area contributed by atoms with Crippen molar-refractivity contribution in [1.29, 1.82) is 0 Å². The molecule has 1 atom stereocenters. The molecule has 1 aromatic rings. The Labute approximate surface area is 77.7 Å². The van der Waals surface area contributed by atoms with E-state index in [4.69, 9.17) is 5.73 Å². The summed E-state index contributed by atoms with van der Waals surface area (Å²) in [6.45, 7) is 1.42. The number of alkyl halides is 3. The van der Waals surface area contributed by atoms with E-state index in [0.717, 1.165) is 6.20 Å². The number of rotatable bonds is 1. The summed E-state index contributed by atoms with van der Waals surface area (Å²) >= 11 is 0. The van der Waals surface area contributed by atoms with Gasteiger partial charge in [-0.1, -0.05) is 0 Å². The van der Waals surface area contributed by atoms with Crippen LogP contribution in [0.3, 0.4) is 0 Å². The fraction of sp³-hybridized carbons (Fsp3) is 0.375. The van der Waals surface area contributed by atoms with Crippen LogP contribution in [0.2, 0.25) is 0 Å². The van der Waals surface area contributed by atoms with E-state index in [-0.39, 0.29) is 5.56 Å². The van der Waals surface area contributed by atoms with Gasteiger partial charge in [-0.05, 0) is 12.5 Å². The highest BCUT2D eigenvalue weighted by Crippen LogP contribution is 2.32. The predicted octanol–water partition coefficient (Wildman–Crippen LogP) is 1.41. The number of aromatic nitrogens is 1. The molecule has 0 bridgehead atoms. The van der Waals surface area contributed by atoms with Crippen molar-refractivity contribution < 1.29 is 13.2 Å². The van der Waals surface area contributed by atoms with Gasteiger partial charge in [-0.25, -0.2) is 0 Å². The number of hydrogen-bond acceptors (Lipinski definition) is 2. The van der Waals surface area contributed by atoms with Gasteiger partial charge in [0, 0.05) is 18.3 Å². The molecule has 1 aromatic heterocycles. The molecular formula is C8H9F3N2O. The number of hydrogen-bond donors (Lipinski definition) is 2. The number of nitrogens with two attached hydrogens (primary N) is 1. The van der Waals surface area contributed by atoms with Crippen LogP contribution in [0.5, 0.6) is 0 Å². The second-order valence-electron chi connectivity index (χ2n) is 2.95. The van der Waals surface area contributed by atoms with E-state index in [1.54, 1.807) is 0 Å². The van der Waals surface area contributed by atoms with E-state index >= 15 is 0 Å². The summed E-state index contributed by atoms with van der Waals surface area (Å²) in [4.78, 5) is 12.9. The van der Waals surface area contributed by atoms with Crippen LogP contribution < -0.4 is 11.3 Å². The van der Waals surface area contributed by atoms with E-state index in [2.05, 4.69) is 4.98 Å². The van der Waals surface area contributed by atoms with Crippen molar-refractivity contribution in [3.63, 3.8) is 0 Å². The van der Waals surface area contributed by atoms with Crippen molar-refractivity contribution >= 4 is 0 Å². The monoisotopic (exact) mass is 206 g/mol. The maximum absolute atomic E-state index is 12.4. The maximum Gasteiger partial charge on any atom is 0.416 e. The molecule has 0 aliphatic rings. The second kappa shape index (κ2) is 3.45. The van der Waals surface area contributed by atoms with Gasteiger partial charge in [0.1, 0.15) is 0 Å². The molecule has 0 radical (unpaired) electrons. The zero-order chi connectivity index (χ0) is 10.9. The lowest BCUT2D eigenvalue weighted by Gasteiger charge is -2.14. The van der Waals surface area contributed by atoms with Gasteiger partial charge in [0.25, 0.3) is 0 Å². The highest BCUT2D eigenvalue weighted by Gasteiger charge is 2.34. The quantitative estimate of drug-likeness (QED) is 0.729. The summed E-state index contributed by atoms with van der Waals surface area (Å²) < 4.78 is 37.1. The van der Waals surface area contributed by atoms with Gasteiger partial charge in [-0.2, -0.15) is 13.2 Å². The molecule has 3 N–H and O–H groups in total. The van der Waals surface area contributed by atoms with Crippen LogP contribution in [0.15, 0.2) is 17.1 Å². The molecule has 1 rings (SSSR count). The first kappa shape index (κ1) is 10.8. The summed E-state index contributed by atoms with van der Waals surface area (Å²) in [7, 11) is 0. The van der Waals surface area contributed by atoms with Crippen molar-refractivity contribution in [2.45, 2.75) is 19.1 Å². The zero-order valence-electron chi connectivity index (χ0n) is 7.35. The molecule has 0 saturated heterocycles. The summed E-state index contributed by atoms with van der Waals surface area (Å²) in [6.07, 6.45) is -3.55. The Hall–Kier alpha value is -1.30. The molecular weight excluding hydrogens is 197 g/mol. The van der Waals surface area contributed by atoms with E-state index in [9.17, 15) is 18.0 Å². The molecule has 0 saturated carbocycles. The molecule has 78 valence electrons. The highest BCUT2D eigenvalue weighted by molar-refractivity contribution is 5.28. The number of halogens is 3. The van der Waals surface area contributed by atoms with E-state index in [1.165, 1.54) is 6.92 Å². The largest absolute Gasteiger partial charge is 0.416 e. The van der Waals surface area contributed by atoms with Crippen LogP contribution >= 0.6 is 0 Å². The molecule has 3 nitrogen and oxygen atoms in total. The lowest BCUT2D eigenvalue weighted by molar-refractivity contribution is -0.138. The second-order valence-corrected chi connectivity index (χ2v) is 2.95. The zero-order valence-corrected chi connectivity index (χ0v) is 7.35. The van der Waals surface area contributed by atoms with Gasteiger partial charge in [0.15, 0.2) is 0 Å². The van der Waals surface area contributed by atoms with Gasteiger partial charge in [-0.15, -0.1) is 0 Å². The topological polar surface area (TPSA) is 58.9 Å². The molecule has 0 amide bonds. The van der Waals surface area contributed by atoms with E-state index < -0.39 is 23.3 Å². The number of aromatic amines is 1. The minimum absolute atomic E-state index is 0.114. The lowest BCUT2D eigenvalue weighted by atomic mass is 10.0. The Balaban J connectivity index is 3.38. The number of nitrogens with one attached hydrogen (secondary N) is 1. The van der Waals surface area contributed by atoms with Crippen molar-refractivity contribution in [3.8, 4) is 0 Å². The van der Waals surface area contributed by atoms with E-state index in [0.29, 0.717) is 6.07 Å². The van der Waals surface area contributed by atoms with Crippen molar-refractivity contribution in [2.75, 3.05) is 0 Å². The van der Waals surface area contributed by atoms with Gasteiger partial charge < -0.3 is 10.7 Å². The summed E-state index contributed by atoms with van der Waals surface area (Å²) in [5.74, 6) is 0. The van der Waals surface area contributed by atoms with Crippen LogP contribution in [0.25, 0.3) is 0 Å². The third-order valence-corrected chi connectivity index (χ3v) is 1.75. The Morgan fingerprint density at radius 3 is 2.50 bits per heavy atom. The molecule has 14 heavy (non-hydrogen) atoms. The lowest BCUT2D eigenvalue weighted by Crippen LogP contribution is -2.19. The highest BCUT2D eigenvalue weighted by atomic mass is 19.4. The van der Waals surface area contributed by atoms with Crippen LogP contribution in [0.4, 0.5) is 13.2 Å². The third-order valence-electron chi connectivity index (χ3n) is 1.75. The standard InChI is InChI=1S/C8H9F3N2O/c1-4(12)5-3-13-7(14)2-6(5)8(9,10)11/h2-4H,12H2,1H3,(H,13,14). The fourth-order valence-electron chi connectivity index (χ4n) is 1.10. The van der Waals surface area contributed by atoms with E-state index in [1.807, 2.05) is 0 Å². The molecule has 6 heteroatoms. The van der Waals surface area contributed by atoms with Gasteiger partial charge in [0.05, 0.1) is 5.56 Å². The summed E-state index contributed by atoms with van der Waals surface area (Å²) in [6, 6.07) is -0.262. The van der Waals surface area contributed by atoms with Crippen LogP contribution in [0, 0.1) is 0 Å². The van der Waals surface area contributed by atoms with Crippen molar-refractivity contribution in [1.82, 2.24) is 4.98 Å². The molecule has 0 spiro atoms. The average Bonchev–Trinajstić information content (AvgIpc) is 2.01. The van der Waals surface area contributed by atoms with Crippen molar-refractivity contribution in [3.05, 3.63) is 33.7 Å². The minimum Gasteiger partial charge on any atom is -0.329 e. The van der Waals surface area contributed by atoms with Gasteiger partial charge >= 0.3 is 6.18 Å². The molecule has 0 fully saturated rings. The Kier molecular flexibility index (Phi) is 2.66. The molecule has 0 aliphatic carbocycles. The molecule has 1 heterocycles. The van der Waals surface area contributed by atoms with Crippen LogP contribution in [-0.2, 0) is 6.18 Å². The number of pyridine rings is 1. The maximum atomic E-state index is 12.4. The molecule has 1 unspecified atom stereocenters. The normalized spacial score (nSPS) is 14.1. The Morgan fingerprint density at radius 2 is 2.07 bits per heavy atom.